The van der Waals surface area contributed by atoms with Gasteiger partial charge in [0.05, 0.1) is 24.4 Å². The van der Waals surface area contributed by atoms with Gasteiger partial charge in [-0.2, -0.15) is 0 Å². The van der Waals surface area contributed by atoms with E-state index in [4.69, 9.17) is 34.4 Å². The number of nitrogens with two attached hydrogens (primary N) is 6. The molecule has 24 heteroatoms. The van der Waals surface area contributed by atoms with E-state index in [9.17, 15) is 38.4 Å². The lowest BCUT2D eigenvalue weighted by Crippen LogP contribution is -2.69. The largest absolute Gasteiger partial charge is 0.370 e. The Bertz CT molecular complexity index is 2000. The molecule has 4 rings (SSSR count). The molecular formula is C36H53N15O8S. The van der Waals surface area contributed by atoms with Crippen LogP contribution in [0.25, 0.3) is 10.9 Å². The Kier molecular flexibility index (Phi) is 16.6. The van der Waals surface area contributed by atoms with Crippen LogP contribution in [0.5, 0.6) is 0 Å². The third-order valence-corrected chi connectivity index (χ3v) is 10.9. The van der Waals surface area contributed by atoms with E-state index in [0.717, 1.165) is 15.8 Å². The minimum Gasteiger partial charge on any atom is -0.370 e. The standard InChI is InChI=1S/C36H53N15O8S/c1-18(52)46-23(9-5-11-44-36(41)42)31(56)47-24(12-19-14-45-22-8-3-2-6-20(19)22)32(57)48-25-17-60-29-16-50(34(59)26(13-27(38)53)51(29)33(25)58)15-28(54)49-30(55)21(37)7-4-10-43-35(39)40/h2-3,6,8,14,21,23-26,29,45H,4-5,7,9-13,15-17,37H2,1H3,(H2,38,53)(H,46,52)(H,47,56)(H,48,57)(H4,39,40,43)(H4,41,42,44)(H,49,54,55)/t21-,23-,24-,25+,26-,29?/m0/s1. The molecule has 23 nitrogen and oxygen atoms in total. The lowest BCUT2D eigenvalue weighted by atomic mass is 10.0. The number of rotatable bonds is 20. The zero-order valence-corrected chi connectivity index (χ0v) is 33.9. The summed E-state index contributed by atoms with van der Waals surface area (Å²) in [5.74, 6) is -6.11. The van der Waals surface area contributed by atoms with Crippen LogP contribution in [0.3, 0.4) is 0 Å². The molecular weight excluding hydrogens is 803 g/mol. The molecule has 60 heavy (non-hydrogen) atoms. The average Bonchev–Trinajstić information content (AvgIpc) is 3.58. The molecule has 2 saturated heterocycles. The number of primary amides is 1. The van der Waals surface area contributed by atoms with E-state index in [-0.39, 0.29) is 56.6 Å². The fourth-order valence-electron chi connectivity index (χ4n) is 6.79. The summed E-state index contributed by atoms with van der Waals surface area (Å²) >= 11 is 1.18. The molecule has 0 radical (unpaired) electrons. The van der Waals surface area contributed by atoms with E-state index in [1.807, 2.05) is 24.3 Å². The third-order valence-electron chi connectivity index (χ3n) is 9.61. The van der Waals surface area contributed by atoms with Gasteiger partial charge >= 0.3 is 0 Å². The molecule has 1 unspecified atom stereocenters. The Morgan fingerprint density at radius 3 is 2.20 bits per heavy atom. The minimum absolute atomic E-state index is 0.0174. The van der Waals surface area contributed by atoms with Crippen molar-refractivity contribution in [1.29, 1.82) is 0 Å². The molecule has 1 aromatic heterocycles. The number of H-pyrrole nitrogens is 1. The van der Waals surface area contributed by atoms with Crippen LogP contribution >= 0.6 is 11.8 Å². The van der Waals surface area contributed by atoms with Crippen molar-refractivity contribution in [3.8, 4) is 0 Å². The number of piperazine rings is 1. The first kappa shape index (κ1) is 46.3. The highest BCUT2D eigenvalue weighted by molar-refractivity contribution is 8.00. The summed E-state index contributed by atoms with van der Waals surface area (Å²) in [6.07, 6.45) is 2.08. The zero-order chi connectivity index (χ0) is 44.1. The Labute approximate surface area is 348 Å². The van der Waals surface area contributed by atoms with Crippen LogP contribution in [0.15, 0.2) is 40.4 Å². The number of carbonyl (C=O) groups is 8. The van der Waals surface area contributed by atoms with E-state index in [1.54, 1.807) is 6.20 Å². The lowest BCUT2D eigenvalue weighted by molar-refractivity contribution is -0.157. The quantitative estimate of drug-likeness (QED) is 0.0339. The fourth-order valence-corrected chi connectivity index (χ4v) is 8.13. The second-order valence-electron chi connectivity index (χ2n) is 14.3. The summed E-state index contributed by atoms with van der Waals surface area (Å²) in [5.41, 5.74) is 34.3. The van der Waals surface area contributed by atoms with E-state index in [0.29, 0.717) is 18.4 Å². The van der Waals surface area contributed by atoms with Gasteiger partial charge in [0.2, 0.25) is 47.3 Å². The van der Waals surface area contributed by atoms with Gasteiger partial charge in [-0.1, -0.05) is 18.2 Å². The normalized spacial score (nSPS) is 18.9. The van der Waals surface area contributed by atoms with Crippen molar-refractivity contribution in [2.75, 3.05) is 31.9 Å². The van der Waals surface area contributed by atoms with E-state index in [1.165, 1.54) is 23.6 Å². The first-order chi connectivity index (χ1) is 28.4. The number of aliphatic imine (C=N–C) groups is 2. The van der Waals surface area contributed by atoms with Crippen molar-refractivity contribution in [2.45, 2.75) is 81.0 Å². The van der Waals surface area contributed by atoms with Gasteiger partial charge in [-0.25, -0.2) is 0 Å². The summed E-state index contributed by atoms with van der Waals surface area (Å²) in [4.78, 5) is 119. The molecule has 0 spiro atoms. The first-order valence-electron chi connectivity index (χ1n) is 19.1. The number of hydrogen-bond donors (Lipinski definition) is 11. The second-order valence-corrected chi connectivity index (χ2v) is 15.5. The Morgan fingerprint density at radius 2 is 1.55 bits per heavy atom. The van der Waals surface area contributed by atoms with Gasteiger partial charge in [0, 0.05) is 49.3 Å². The number of imide groups is 1. The molecule has 0 bridgehead atoms. The van der Waals surface area contributed by atoms with Crippen molar-refractivity contribution < 1.29 is 38.4 Å². The molecule has 3 heterocycles. The fraction of sp³-hybridized carbons (Fsp3) is 0.500. The number of hydrogen-bond acceptors (Lipinski definition) is 12. The highest BCUT2D eigenvalue weighted by atomic mass is 32.2. The molecule has 8 amide bonds. The number of aromatic amines is 1. The van der Waals surface area contributed by atoms with Crippen LogP contribution in [0.4, 0.5) is 0 Å². The van der Waals surface area contributed by atoms with Gasteiger partial charge in [-0.15, -0.1) is 11.8 Å². The number of amides is 8. The molecule has 0 saturated carbocycles. The third kappa shape index (κ3) is 13.0. The van der Waals surface area contributed by atoms with Crippen molar-refractivity contribution in [3.63, 3.8) is 0 Å². The van der Waals surface area contributed by atoms with Gasteiger partial charge in [0.1, 0.15) is 30.7 Å². The molecule has 1 aromatic carbocycles. The van der Waals surface area contributed by atoms with Crippen LogP contribution in [-0.2, 0) is 44.8 Å². The summed E-state index contributed by atoms with van der Waals surface area (Å²) in [7, 11) is 0. The molecule has 2 aliphatic rings. The lowest BCUT2D eigenvalue weighted by Gasteiger charge is -2.49. The number of thioether (sulfide) groups is 1. The van der Waals surface area contributed by atoms with Crippen LogP contribution < -0.4 is 55.7 Å². The number of aromatic nitrogens is 1. The molecule has 2 fully saturated rings. The van der Waals surface area contributed by atoms with Gasteiger partial charge in [-0.3, -0.25) is 53.7 Å². The summed E-state index contributed by atoms with van der Waals surface area (Å²) in [5, 5.41) is 10.2. The number of nitrogens with zero attached hydrogens (tertiary/aromatic N) is 4. The van der Waals surface area contributed by atoms with Gasteiger partial charge < -0.3 is 65.1 Å². The molecule has 17 N–H and O–H groups in total. The Balaban J connectivity index is 1.49. The number of para-hydroxylation sites is 1. The SMILES string of the molecule is CC(=O)N[C@@H](CCCN=C(N)N)C(=O)N[C@@H](Cc1c[nH]c2ccccc12)C(=O)N[C@@H]1CSC2CN(CC(=O)NC(=O)[C@@H](N)CCCN=C(N)N)C(=O)[C@H](CC(N)=O)N2C1=O. The molecule has 2 aromatic rings. The number of benzene rings is 1. The summed E-state index contributed by atoms with van der Waals surface area (Å²) in [6.45, 7) is 0.932. The van der Waals surface area contributed by atoms with Crippen LogP contribution in [0, 0.1) is 0 Å². The van der Waals surface area contributed by atoms with Crippen molar-refractivity contribution in [2.24, 2.45) is 44.4 Å². The number of fused-ring (bicyclic) bond motifs is 2. The van der Waals surface area contributed by atoms with Crippen molar-refractivity contribution in [3.05, 3.63) is 36.0 Å². The average molecular weight is 856 g/mol. The van der Waals surface area contributed by atoms with Gasteiger partial charge in [0.25, 0.3) is 0 Å². The molecule has 2 aliphatic heterocycles. The Hall–Kier alpha value is -6.43. The number of carbonyl (C=O) groups excluding carboxylic acids is 8. The van der Waals surface area contributed by atoms with E-state index < -0.39 is 95.8 Å². The van der Waals surface area contributed by atoms with Crippen molar-refractivity contribution >= 4 is 81.8 Å². The Morgan fingerprint density at radius 1 is 0.883 bits per heavy atom. The maximum Gasteiger partial charge on any atom is 0.247 e. The van der Waals surface area contributed by atoms with Crippen molar-refractivity contribution in [1.82, 2.24) is 36.1 Å². The summed E-state index contributed by atoms with van der Waals surface area (Å²) in [6, 6.07) is 1.32. The zero-order valence-electron chi connectivity index (χ0n) is 33.1. The van der Waals surface area contributed by atoms with Gasteiger partial charge in [-0.05, 0) is 37.3 Å². The smallest absolute Gasteiger partial charge is 0.247 e. The monoisotopic (exact) mass is 855 g/mol. The highest BCUT2D eigenvalue weighted by Crippen LogP contribution is 2.32. The van der Waals surface area contributed by atoms with E-state index >= 15 is 0 Å². The highest BCUT2D eigenvalue weighted by Gasteiger charge is 2.49. The second kappa shape index (κ2) is 21.5. The summed E-state index contributed by atoms with van der Waals surface area (Å²) < 4.78 is 0. The van der Waals surface area contributed by atoms with Gasteiger partial charge in [0.15, 0.2) is 11.9 Å². The maximum absolute atomic E-state index is 14.1. The molecule has 0 aliphatic carbocycles. The van der Waals surface area contributed by atoms with E-state index in [2.05, 4.69) is 36.2 Å². The number of nitrogens with one attached hydrogen (secondary N) is 5. The van der Waals surface area contributed by atoms with Crippen LogP contribution in [0.1, 0.15) is 44.6 Å². The topological polar surface area (TPSA) is 388 Å². The van der Waals surface area contributed by atoms with Crippen LogP contribution in [-0.4, -0.2) is 141 Å². The maximum atomic E-state index is 14.1. The molecule has 6 atom stereocenters. The first-order valence-corrected chi connectivity index (χ1v) is 20.1. The predicted molar refractivity (Wildman–Crippen MR) is 222 cm³/mol. The predicted octanol–water partition coefficient (Wildman–Crippen LogP) is -4.75. The molecule has 326 valence electrons. The number of guanidine groups is 2. The minimum atomic E-state index is -1.43. The van der Waals surface area contributed by atoms with Crippen LogP contribution in [0.2, 0.25) is 0 Å².